The molecule has 1 atom stereocenters. The molecule has 1 unspecified atom stereocenters. The lowest BCUT2D eigenvalue weighted by molar-refractivity contribution is -0.177. The lowest BCUT2D eigenvalue weighted by atomic mass is 10.1. The van der Waals surface area contributed by atoms with Crippen LogP contribution >= 0.6 is 11.8 Å². The van der Waals surface area contributed by atoms with Gasteiger partial charge in [-0.2, -0.15) is 0 Å². The Morgan fingerprint density at radius 1 is 1.53 bits per heavy atom. The molecule has 0 aromatic rings. The Kier molecular flexibility index (Phi) is 6.60. The number of esters is 1. The van der Waals surface area contributed by atoms with Gasteiger partial charge in [0.2, 0.25) is 5.72 Å². The molecular formula is C12H22N2O4S. The van der Waals surface area contributed by atoms with Crippen molar-refractivity contribution in [1.29, 1.82) is 0 Å². The molecule has 1 saturated heterocycles. The number of amides is 1. The molecule has 1 fully saturated rings. The minimum Gasteiger partial charge on any atom is -0.462 e. The first-order valence-electron chi connectivity index (χ1n) is 6.60. The second-order valence-electron chi connectivity index (χ2n) is 4.46. The van der Waals surface area contributed by atoms with Gasteiger partial charge in [0.15, 0.2) is 0 Å². The first-order chi connectivity index (χ1) is 9.06. The van der Waals surface area contributed by atoms with Crippen LogP contribution in [0.15, 0.2) is 0 Å². The van der Waals surface area contributed by atoms with Crippen LogP contribution in [0.4, 0.5) is 4.79 Å². The molecule has 1 rings (SSSR count). The third-order valence-corrected chi connectivity index (χ3v) is 3.88. The van der Waals surface area contributed by atoms with Crippen molar-refractivity contribution in [2.24, 2.45) is 5.73 Å². The van der Waals surface area contributed by atoms with Gasteiger partial charge in [0.05, 0.1) is 6.61 Å². The van der Waals surface area contributed by atoms with Crippen molar-refractivity contribution in [1.82, 2.24) is 4.90 Å². The highest BCUT2D eigenvalue weighted by molar-refractivity contribution is 8.13. The maximum atomic E-state index is 11.9. The Labute approximate surface area is 117 Å². The number of hydrogen-bond acceptors (Lipinski definition) is 6. The summed E-state index contributed by atoms with van der Waals surface area (Å²) < 4.78 is 5.04. The number of rotatable bonds is 6. The van der Waals surface area contributed by atoms with Crippen molar-refractivity contribution < 1.29 is 19.4 Å². The zero-order valence-electron chi connectivity index (χ0n) is 11.3. The van der Waals surface area contributed by atoms with Crippen molar-refractivity contribution in [3.63, 3.8) is 0 Å². The fourth-order valence-electron chi connectivity index (χ4n) is 1.91. The molecule has 7 heteroatoms. The average molecular weight is 290 g/mol. The van der Waals surface area contributed by atoms with Crippen LogP contribution < -0.4 is 5.73 Å². The fraction of sp³-hybridized carbons (Fsp3) is 0.833. The first kappa shape index (κ1) is 16.3. The number of nitrogens with two attached hydrogens (primary N) is 1. The Morgan fingerprint density at radius 3 is 2.89 bits per heavy atom. The molecule has 6 nitrogen and oxygen atoms in total. The van der Waals surface area contributed by atoms with E-state index in [0.29, 0.717) is 25.3 Å². The second kappa shape index (κ2) is 7.72. The molecular weight excluding hydrogens is 268 g/mol. The van der Waals surface area contributed by atoms with Gasteiger partial charge in [-0.3, -0.25) is 9.69 Å². The maximum Gasteiger partial charge on any atom is 0.359 e. The molecule has 1 aliphatic heterocycles. The number of nitrogens with zero attached hydrogens (tertiary/aromatic N) is 1. The van der Waals surface area contributed by atoms with Gasteiger partial charge in [-0.05, 0) is 12.8 Å². The van der Waals surface area contributed by atoms with Gasteiger partial charge in [-0.25, -0.2) is 4.79 Å². The molecule has 0 bridgehead atoms. The zero-order chi connectivity index (χ0) is 14.3. The predicted molar refractivity (Wildman–Crippen MR) is 73.7 cm³/mol. The molecule has 0 aromatic carbocycles. The van der Waals surface area contributed by atoms with E-state index in [1.807, 2.05) is 6.92 Å². The molecule has 0 radical (unpaired) electrons. The van der Waals surface area contributed by atoms with Gasteiger partial charge >= 0.3 is 5.97 Å². The molecule has 0 aromatic heterocycles. The highest BCUT2D eigenvalue weighted by Gasteiger charge is 2.49. The van der Waals surface area contributed by atoms with E-state index < -0.39 is 11.7 Å². The number of carbonyl (C=O) groups is 2. The number of likely N-dealkylation sites (tertiary alicyclic amines) is 1. The van der Waals surface area contributed by atoms with Crippen LogP contribution in [0.3, 0.4) is 0 Å². The number of carbonyl (C=O) groups excluding carboxylic acids is 2. The summed E-state index contributed by atoms with van der Waals surface area (Å²) in [4.78, 5) is 25.0. The summed E-state index contributed by atoms with van der Waals surface area (Å²) in [5.41, 5.74) is 3.54. The Bertz CT molecular complexity index is 327. The summed E-state index contributed by atoms with van der Waals surface area (Å²) >= 11 is 1.02. The van der Waals surface area contributed by atoms with Gasteiger partial charge in [0.1, 0.15) is 0 Å². The Balaban J connectivity index is 2.61. The van der Waals surface area contributed by atoms with Gasteiger partial charge in [0, 0.05) is 25.3 Å². The van der Waals surface area contributed by atoms with E-state index in [-0.39, 0.29) is 18.3 Å². The van der Waals surface area contributed by atoms with E-state index in [9.17, 15) is 14.7 Å². The normalized spacial score (nSPS) is 22.6. The van der Waals surface area contributed by atoms with Crippen LogP contribution in [0.1, 0.15) is 32.6 Å². The molecule has 0 saturated carbocycles. The van der Waals surface area contributed by atoms with E-state index in [4.69, 9.17) is 10.5 Å². The number of aliphatic hydroxyl groups is 1. The molecule has 1 aliphatic rings. The summed E-state index contributed by atoms with van der Waals surface area (Å²) in [6, 6.07) is 0. The second-order valence-corrected chi connectivity index (χ2v) is 5.51. The molecule has 19 heavy (non-hydrogen) atoms. The topological polar surface area (TPSA) is 92.9 Å². The van der Waals surface area contributed by atoms with E-state index in [1.54, 1.807) is 0 Å². The van der Waals surface area contributed by atoms with Crippen LogP contribution in [-0.4, -0.2) is 52.4 Å². The van der Waals surface area contributed by atoms with E-state index in [2.05, 4.69) is 0 Å². The van der Waals surface area contributed by atoms with Gasteiger partial charge in [-0.1, -0.05) is 25.1 Å². The lowest BCUT2D eigenvalue weighted by Crippen LogP contribution is -2.53. The highest BCUT2D eigenvalue weighted by Crippen LogP contribution is 2.31. The minimum absolute atomic E-state index is 0.229. The third kappa shape index (κ3) is 4.09. The zero-order valence-corrected chi connectivity index (χ0v) is 12.1. The van der Waals surface area contributed by atoms with Gasteiger partial charge in [0.25, 0.3) is 5.24 Å². The van der Waals surface area contributed by atoms with Crippen LogP contribution in [0.25, 0.3) is 0 Å². The van der Waals surface area contributed by atoms with E-state index in [0.717, 1.165) is 24.6 Å². The largest absolute Gasteiger partial charge is 0.462 e. The van der Waals surface area contributed by atoms with Crippen LogP contribution in [0.2, 0.25) is 0 Å². The van der Waals surface area contributed by atoms with Crippen molar-refractivity contribution in [3.05, 3.63) is 0 Å². The van der Waals surface area contributed by atoms with Crippen molar-refractivity contribution in [3.8, 4) is 0 Å². The smallest absolute Gasteiger partial charge is 0.359 e. The molecule has 3 N–H and O–H groups in total. The van der Waals surface area contributed by atoms with Gasteiger partial charge in [-0.15, -0.1) is 0 Å². The maximum absolute atomic E-state index is 11.9. The number of thioether (sulfide) groups is 1. The van der Waals surface area contributed by atoms with Crippen LogP contribution in [-0.2, 0) is 9.53 Å². The monoisotopic (exact) mass is 290 g/mol. The summed E-state index contributed by atoms with van der Waals surface area (Å²) in [5.74, 6) is -0.254. The van der Waals surface area contributed by atoms with Crippen LogP contribution in [0.5, 0.6) is 0 Å². The van der Waals surface area contributed by atoms with E-state index >= 15 is 0 Å². The number of hydrogen-bond donors (Lipinski definition) is 2. The lowest BCUT2D eigenvalue weighted by Gasteiger charge is -2.30. The Morgan fingerprint density at radius 2 is 2.26 bits per heavy atom. The van der Waals surface area contributed by atoms with Crippen LogP contribution in [0, 0.1) is 0 Å². The third-order valence-electron chi connectivity index (χ3n) is 2.98. The summed E-state index contributed by atoms with van der Waals surface area (Å²) in [6.45, 7) is 3.01. The van der Waals surface area contributed by atoms with Crippen molar-refractivity contribution in [2.75, 3.05) is 25.4 Å². The number of ether oxygens (including phenoxy) is 1. The number of unbranched alkanes of at least 4 members (excludes halogenated alkanes) is 1. The van der Waals surface area contributed by atoms with Crippen molar-refractivity contribution in [2.45, 2.75) is 38.3 Å². The predicted octanol–water partition coefficient (Wildman–Crippen LogP) is 0.926. The minimum atomic E-state index is -1.80. The average Bonchev–Trinajstić information content (AvgIpc) is 2.79. The fourth-order valence-corrected chi connectivity index (χ4v) is 2.60. The highest BCUT2D eigenvalue weighted by atomic mass is 32.2. The standard InChI is InChI=1S/C12H22N2O4S/c1-2-3-8-18-10(15)12(17)5-4-7-14(12)11(16)19-9-6-13/h17H,2-9,13H2,1H3. The Hall–Kier alpha value is -0.790. The first-order valence-corrected chi connectivity index (χ1v) is 7.59. The molecule has 0 spiro atoms. The quantitative estimate of drug-likeness (QED) is 0.558. The summed E-state index contributed by atoms with van der Waals surface area (Å²) in [5, 5.41) is 10.1. The van der Waals surface area contributed by atoms with Crippen molar-refractivity contribution >= 4 is 23.0 Å². The SMILES string of the molecule is CCCCOC(=O)C1(O)CCCN1C(=O)SCCN. The van der Waals surface area contributed by atoms with E-state index in [1.165, 1.54) is 4.90 Å². The molecule has 1 amide bonds. The molecule has 0 aliphatic carbocycles. The molecule has 110 valence electrons. The molecule has 1 heterocycles. The summed E-state index contributed by atoms with van der Waals surface area (Å²) in [6.07, 6.45) is 2.47. The van der Waals surface area contributed by atoms with Gasteiger partial charge < -0.3 is 15.6 Å². The summed E-state index contributed by atoms with van der Waals surface area (Å²) in [7, 11) is 0.